The molecule has 0 aliphatic carbocycles. The van der Waals surface area contributed by atoms with Crippen LogP contribution in [0.5, 0.6) is 5.75 Å². The van der Waals surface area contributed by atoms with Gasteiger partial charge in [-0.2, -0.15) is 0 Å². The molecule has 0 fully saturated rings. The van der Waals surface area contributed by atoms with Crippen molar-refractivity contribution in [3.05, 3.63) is 58.1 Å². The van der Waals surface area contributed by atoms with Crippen LogP contribution in [0.1, 0.15) is 87.5 Å². The van der Waals surface area contributed by atoms with Gasteiger partial charge in [0.05, 0.1) is 18.9 Å². The molecule has 2 atom stereocenters. The summed E-state index contributed by atoms with van der Waals surface area (Å²) in [6.45, 7) is 6.21. The summed E-state index contributed by atoms with van der Waals surface area (Å²) >= 11 is 6.36. The largest absolute Gasteiger partial charge is 0.491 e. The number of hydrogen-bond donors (Lipinski definition) is 2. The first kappa shape index (κ1) is 33.7. The van der Waals surface area contributed by atoms with Crippen LogP contribution < -0.4 is 9.64 Å². The third kappa shape index (κ3) is 10.5. The fourth-order valence-corrected chi connectivity index (χ4v) is 5.64. The van der Waals surface area contributed by atoms with E-state index < -0.39 is 18.7 Å². The van der Waals surface area contributed by atoms with Crippen molar-refractivity contribution in [3.63, 3.8) is 0 Å². The molecule has 0 radical (unpaired) electrons. The molecule has 232 valence electrons. The molecule has 0 spiro atoms. The second kappa shape index (κ2) is 17.3. The van der Waals surface area contributed by atoms with Gasteiger partial charge in [-0.3, -0.25) is 4.79 Å². The van der Waals surface area contributed by atoms with Crippen molar-refractivity contribution in [2.45, 2.75) is 77.2 Å². The SMILES string of the molecule is CCCc1cc(Cl)ccc1[C@@H]1COc2ccc(C(O)COCC(=O)O)cc2N(CCCCCCCCN(C)C(C)=O)C1. The van der Waals surface area contributed by atoms with Crippen LogP contribution in [0.25, 0.3) is 0 Å². The molecule has 42 heavy (non-hydrogen) atoms. The number of aliphatic carboxylic acids is 1. The van der Waals surface area contributed by atoms with Crippen molar-refractivity contribution >= 4 is 29.2 Å². The lowest BCUT2D eigenvalue weighted by atomic mass is 9.92. The number of aliphatic hydroxyl groups excluding tert-OH is 1. The van der Waals surface area contributed by atoms with Crippen LogP contribution in [0.2, 0.25) is 5.02 Å². The molecule has 0 saturated carbocycles. The Bertz CT molecular complexity index is 1160. The van der Waals surface area contributed by atoms with E-state index in [9.17, 15) is 14.7 Å². The average molecular weight is 603 g/mol. The third-order valence-corrected chi connectivity index (χ3v) is 8.10. The third-order valence-electron chi connectivity index (χ3n) is 7.86. The molecule has 1 unspecified atom stereocenters. The first-order valence-corrected chi connectivity index (χ1v) is 15.6. The van der Waals surface area contributed by atoms with Gasteiger partial charge in [0.25, 0.3) is 0 Å². The van der Waals surface area contributed by atoms with Crippen molar-refractivity contribution in [2.75, 3.05) is 51.4 Å². The quantitative estimate of drug-likeness (QED) is 0.207. The van der Waals surface area contributed by atoms with Gasteiger partial charge in [0.15, 0.2) is 0 Å². The van der Waals surface area contributed by atoms with E-state index in [1.54, 1.807) is 11.8 Å². The normalized spacial score (nSPS) is 15.5. The number of halogens is 1. The minimum absolute atomic E-state index is 0.0953. The predicted octanol–water partition coefficient (Wildman–Crippen LogP) is 6.23. The van der Waals surface area contributed by atoms with Gasteiger partial charge in [0.1, 0.15) is 18.5 Å². The highest BCUT2D eigenvalue weighted by Crippen LogP contribution is 2.38. The molecule has 1 aliphatic rings. The molecule has 0 saturated heterocycles. The highest BCUT2D eigenvalue weighted by atomic mass is 35.5. The maximum absolute atomic E-state index is 11.4. The van der Waals surface area contributed by atoms with Crippen molar-refractivity contribution in [3.8, 4) is 5.75 Å². The van der Waals surface area contributed by atoms with E-state index in [1.807, 2.05) is 31.3 Å². The second-order valence-corrected chi connectivity index (χ2v) is 11.7. The fourth-order valence-electron chi connectivity index (χ4n) is 5.45. The second-order valence-electron chi connectivity index (χ2n) is 11.3. The van der Waals surface area contributed by atoms with E-state index in [2.05, 4.69) is 24.0 Å². The zero-order chi connectivity index (χ0) is 30.5. The number of carboxylic acid groups (broad SMARTS) is 1. The van der Waals surface area contributed by atoms with Crippen LogP contribution in [-0.2, 0) is 20.7 Å². The number of unbranched alkanes of at least 4 members (excludes halogenated alkanes) is 5. The smallest absolute Gasteiger partial charge is 0.329 e. The summed E-state index contributed by atoms with van der Waals surface area (Å²) < 4.78 is 11.5. The molecular formula is C33H47ClN2O6. The Morgan fingerprint density at radius 3 is 2.57 bits per heavy atom. The number of ether oxygens (including phenoxy) is 2. The van der Waals surface area contributed by atoms with Gasteiger partial charge in [-0.15, -0.1) is 0 Å². The molecular weight excluding hydrogens is 556 g/mol. The summed E-state index contributed by atoms with van der Waals surface area (Å²) in [5.74, 6) is -0.0241. The van der Waals surface area contributed by atoms with Crippen LogP contribution in [-0.4, -0.2) is 73.5 Å². The monoisotopic (exact) mass is 602 g/mol. The van der Waals surface area contributed by atoms with E-state index in [-0.39, 0.29) is 18.4 Å². The Labute approximate surface area is 255 Å². The Morgan fingerprint density at radius 1 is 1.12 bits per heavy atom. The van der Waals surface area contributed by atoms with Gasteiger partial charge in [-0.1, -0.05) is 62.8 Å². The van der Waals surface area contributed by atoms with Crippen LogP contribution >= 0.6 is 11.6 Å². The van der Waals surface area contributed by atoms with Crippen molar-refractivity contribution in [2.24, 2.45) is 0 Å². The Kier molecular flexibility index (Phi) is 13.9. The number of hydrogen-bond acceptors (Lipinski definition) is 6. The molecule has 1 aliphatic heterocycles. The van der Waals surface area contributed by atoms with Gasteiger partial charge >= 0.3 is 5.97 Å². The van der Waals surface area contributed by atoms with Crippen molar-refractivity contribution in [1.29, 1.82) is 0 Å². The maximum atomic E-state index is 11.4. The molecule has 2 aromatic carbocycles. The number of amides is 1. The average Bonchev–Trinajstić information content (AvgIpc) is 3.13. The standard InChI is InChI=1S/C33H47ClN2O6/c1-4-11-25-18-28(34)13-14-29(25)27-20-36(17-10-8-6-5-7-9-16-35(3)24(2)37)30-19-26(12-15-32(30)42-21-27)31(38)22-41-23-33(39)40/h12-15,18-19,27,31,38H,4-11,16-17,20-23H2,1-3H3,(H,39,40)/t27-,31?/m0/s1. The number of aliphatic hydroxyl groups is 1. The lowest BCUT2D eigenvalue weighted by Crippen LogP contribution is -2.30. The van der Waals surface area contributed by atoms with E-state index in [1.165, 1.54) is 11.1 Å². The van der Waals surface area contributed by atoms with Crippen LogP contribution in [0, 0.1) is 0 Å². The Balaban J connectivity index is 1.71. The number of carbonyl (C=O) groups is 2. The predicted molar refractivity (Wildman–Crippen MR) is 167 cm³/mol. The summed E-state index contributed by atoms with van der Waals surface area (Å²) in [5, 5.41) is 20.3. The minimum Gasteiger partial charge on any atom is -0.491 e. The summed E-state index contributed by atoms with van der Waals surface area (Å²) in [5.41, 5.74) is 4.12. The lowest BCUT2D eigenvalue weighted by molar-refractivity contribution is -0.143. The number of aryl methyl sites for hydroxylation is 1. The number of fused-ring (bicyclic) bond motifs is 1. The van der Waals surface area contributed by atoms with Crippen LogP contribution in [0.4, 0.5) is 5.69 Å². The molecule has 0 aromatic heterocycles. The Hall–Kier alpha value is -2.81. The zero-order valence-electron chi connectivity index (χ0n) is 25.3. The summed E-state index contributed by atoms with van der Waals surface area (Å²) in [6.07, 6.45) is 7.59. The highest BCUT2D eigenvalue weighted by molar-refractivity contribution is 6.30. The first-order valence-electron chi connectivity index (χ1n) is 15.2. The zero-order valence-corrected chi connectivity index (χ0v) is 26.1. The molecule has 2 aromatic rings. The molecule has 8 nitrogen and oxygen atoms in total. The van der Waals surface area contributed by atoms with Crippen molar-refractivity contribution < 1.29 is 29.3 Å². The summed E-state index contributed by atoms with van der Waals surface area (Å²) in [4.78, 5) is 26.3. The molecule has 3 rings (SSSR count). The number of carboxylic acids is 1. The highest BCUT2D eigenvalue weighted by Gasteiger charge is 2.27. The van der Waals surface area contributed by atoms with Gasteiger partial charge in [0.2, 0.25) is 5.91 Å². The molecule has 1 amide bonds. The molecule has 2 N–H and O–H groups in total. The van der Waals surface area contributed by atoms with Gasteiger partial charge in [-0.05, 0) is 60.2 Å². The maximum Gasteiger partial charge on any atom is 0.329 e. The summed E-state index contributed by atoms with van der Waals surface area (Å²) in [6, 6.07) is 11.8. The van der Waals surface area contributed by atoms with E-state index >= 15 is 0 Å². The molecule has 0 bridgehead atoms. The van der Waals surface area contributed by atoms with Gasteiger partial charge in [-0.25, -0.2) is 4.79 Å². The number of nitrogens with zero attached hydrogens (tertiary/aromatic N) is 2. The van der Waals surface area contributed by atoms with E-state index in [0.717, 1.165) is 87.5 Å². The topological polar surface area (TPSA) is 99.5 Å². The van der Waals surface area contributed by atoms with Crippen LogP contribution in [0.3, 0.4) is 0 Å². The number of carbonyl (C=O) groups excluding carboxylic acids is 1. The number of anilines is 1. The Morgan fingerprint density at radius 2 is 1.86 bits per heavy atom. The van der Waals surface area contributed by atoms with Crippen molar-refractivity contribution in [1.82, 2.24) is 4.90 Å². The minimum atomic E-state index is -1.07. The van der Waals surface area contributed by atoms with Gasteiger partial charge in [0, 0.05) is 44.5 Å². The lowest BCUT2D eigenvalue weighted by Gasteiger charge is -2.28. The molecule has 9 heteroatoms. The number of benzene rings is 2. The van der Waals surface area contributed by atoms with Gasteiger partial charge < -0.3 is 29.5 Å². The van der Waals surface area contributed by atoms with E-state index in [0.29, 0.717) is 12.2 Å². The number of rotatable bonds is 17. The summed E-state index contributed by atoms with van der Waals surface area (Å²) in [7, 11) is 1.85. The van der Waals surface area contributed by atoms with E-state index in [4.69, 9.17) is 26.2 Å². The molecule has 1 heterocycles. The fraction of sp³-hybridized carbons (Fsp3) is 0.576. The van der Waals surface area contributed by atoms with Crippen LogP contribution in [0.15, 0.2) is 36.4 Å². The first-order chi connectivity index (χ1) is 20.2.